The van der Waals surface area contributed by atoms with Gasteiger partial charge in [0, 0.05) is 23.4 Å². The van der Waals surface area contributed by atoms with E-state index in [-0.39, 0.29) is 11.5 Å². The molecule has 2 N–H and O–H groups in total. The molecule has 0 saturated heterocycles. The van der Waals surface area contributed by atoms with Crippen molar-refractivity contribution in [2.75, 3.05) is 5.32 Å². The molecule has 2 aromatic heterocycles. The van der Waals surface area contributed by atoms with Gasteiger partial charge >= 0.3 is 0 Å². The third kappa shape index (κ3) is 2.46. The number of H-pyrrole nitrogens is 1. The molecule has 2 aromatic rings. The summed E-state index contributed by atoms with van der Waals surface area (Å²) in [7, 11) is 0. The third-order valence-corrected chi connectivity index (χ3v) is 3.88. The highest BCUT2D eigenvalue weighted by atomic mass is 16.2. The lowest BCUT2D eigenvalue weighted by Gasteiger charge is -2.07. The third-order valence-electron chi connectivity index (χ3n) is 3.88. The van der Waals surface area contributed by atoms with Gasteiger partial charge in [-0.05, 0) is 37.7 Å². The van der Waals surface area contributed by atoms with Crippen LogP contribution in [-0.2, 0) is 0 Å². The maximum atomic E-state index is 12.3. The number of carbonyl (C=O) groups is 1. The molecule has 2 aliphatic carbocycles. The molecule has 4 rings (SSSR count). The minimum Gasteiger partial charge on any atom is -0.326 e. The lowest BCUT2D eigenvalue weighted by atomic mass is 10.1. The number of amides is 1. The summed E-state index contributed by atoms with van der Waals surface area (Å²) in [4.78, 5) is 26.8. The number of hydrogen-bond acceptors (Lipinski definition) is 4. The van der Waals surface area contributed by atoms with Gasteiger partial charge in [0.25, 0.3) is 5.91 Å². The minimum absolute atomic E-state index is 0.242. The molecule has 2 fully saturated rings. The van der Waals surface area contributed by atoms with Crippen LogP contribution >= 0.6 is 0 Å². The van der Waals surface area contributed by atoms with Gasteiger partial charge in [-0.15, -0.1) is 10.2 Å². The van der Waals surface area contributed by atoms with E-state index in [1.165, 1.54) is 6.07 Å². The van der Waals surface area contributed by atoms with Gasteiger partial charge in [-0.25, -0.2) is 0 Å². The number of aromatic amines is 1. The quantitative estimate of drug-likeness (QED) is 0.888. The van der Waals surface area contributed by atoms with Crippen LogP contribution in [-0.4, -0.2) is 25.7 Å². The molecule has 0 bridgehead atoms. The first-order chi connectivity index (χ1) is 10.2. The fourth-order valence-corrected chi connectivity index (χ4v) is 2.44. The van der Waals surface area contributed by atoms with Gasteiger partial charge in [0.1, 0.15) is 6.33 Å². The number of anilines is 1. The molecule has 2 aliphatic rings. The van der Waals surface area contributed by atoms with Crippen molar-refractivity contribution in [1.82, 2.24) is 19.7 Å². The van der Waals surface area contributed by atoms with E-state index in [1.54, 1.807) is 12.4 Å². The molecule has 108 valence electrons. The number of carbonyl (C=O) groups excluding carboxylic acids is 1. The Morgan fingerprint density at radius 1 is 1.29 bits per heavy atom. The smallest absolute Gasteiger partial charge is 0.258 e. The fourth-order valence-electron chi connectivity index (χ4n) is 2.44. The standard InChI is InChI=1S/C14H15N5O2/c20-12-6-9(5-11(16-12)8-1-2-8)13(21)17-14-18-15-7-19(14)10-3-4-10/h5-8,10H,1-4H2,(H,16,20)(H,17,18,21). The van der Waals surface area contributed by atoms with E-state index >= 15 is 0 Å². The molecule has 7 heteroatoms. The van der Waals surface area contributed by atoms with Crippen molar-refractivity contribution in [3.05, 3.63) is 40.1 Å². The summed E-state index contributed by atoms with van der Waals surface area (Å²) in [5.74, 6) is 0.509. The highest BCUT2D eigenvalue weighted by molar-refractivity contribution is 6.03. The molecular formula is C14H15N5O2. The first-order valence-corrected chi connectivity index (χ1v) is 7.16. The van der Waals surface area contributed by atoms with Crippen LogP contribution in [0.3, 0.4) is 0 Å². The molecule has 1 amide bonds. The number of hydrogen-bond donors (Lipinski definition) is 2. The topological polar surface area (TPSA) is 92.7 Å². The van der Waals surface area contributed by atoms with E-state index < -0.39 is 0 Å². The summed E-state index contributed by atoms with van der Waals surface area (Å²) in [5, 5.41) is 10.5. The maximum absolute atomic E-state index is 12.3. The van der Waals surface area contributed by atoms with E-state index in [9.17, 15) is 9.59 Å². The van der Waals surface area contributed by atoms with Crippen molar-refractivity contribution in [2.24, 2.45) is 0 Å². The lowest BCUT2D eigenvalue weighted by Crippen LogP contribution is -2.19. The van der Waals surface area contributed by atoms with Gasteiger partial charge in [-0.3, -0.25) is 19.5 Å². The zero-order chi connectivity index (χ0) is 14.4. The molecule has 0 aliphatic heterocycles. The molecule has 2 saturated carbocycles. The first-order valence-electron chi connectivity index (χ1n) is 7.16. The molecule has 2 heterocycles. The second kappa shape index (κ2) is 4.54. The number of aromatic nitrogens is 4. The highest BCUT2D eigenvalue weighted by Crippen LogP contribution is 2.39. The first kappa shape index (κ1) is 12.3. The van der Waals surface area contributed by atoms with Gasteiger partial charge in [0.15, 0.2) is 0 Å². The van der Waals surface area contributed by atoms with Crippen LogP contribution in [0.4, 0.5) is 5.95 Å². The molecular weight excluding hydrogens is 270 g/mol. The monoisotopic (exact) mass is 285 g/mol. The average molecular weight is 285 g/mol. The van der Waals surface area contributed by atoms with Crippen molar-refractivity contribution in [2.45, 2.75) is 37.6 Å². The Morgan fingerprint density at radius 2 is 2.10 bits per heavy atom. The van der Waals surface area contributed by atoms with Gasteiger partial charge in [0.2, 0.25) is 11.5 Å². The van der Waals surface area contributed by atoms with Gasteiger partial charge < -0.3 is 4.98 Å². The SMILES string of the molecule is O=C(Nc1nncn1C1CC1)c1cc(C2CC2)[nH]c(=O)c1. The molecule has 0 atom stereocenters. The predicted octanol–water partition coefficient (Wildman–Crippen LogP) is 1.43. The van der Waals surface area contributed by atoms with Crippen molar-refractivity contribution < 1.29 is 4.79 Å². The summed E-state index contributed by atoms with van der Waals surface area (Å²) in [6.45, 7) is 0. The Balaban J connectivity index is 1.59. The fraction of sp³-hybridized carbons (Fsp3) is 0.429. The Hall–Kier alpha value is -2.44. The summed E-state index contributed by atoms with van der Waals surface area (Å²) >= 11 is 0. The highest BCUT2D eigenvalue weighted by Gasteiger charge is 2.28. The summed E-state index contributed by atoms with van der Waals surface area (Å²) in [5.41, 5.74) is 0.968. The van der Waals surface area contributed by atoms with Crippen molar-refractivity contribution in [1.29, 1.82) is 0 Å². The van der Waals surface area contributed by atoms with Crippen LogP contribution < -0.4 is 10.9 Å². The Morgan fingerprint density at radius 3 is 2.81 bits per heavy atom. The van der Waals surface area contributed by atoms with E-state index in [2.05, 4.69) is 20.5 Å². The van der Waals surface area contributed by atoms with Gasteiger partial charge in [0.05, 0.1) is 0 Å². The predicted molar refractivity (Wildman–Crippen MR) is 75.3 cm³/mol. The maximum Gasteiger partial charge on any atom is 0.258 e. The van der Waals surface area contributed by atoms with Gasteiger partial charge in [-0.2, -0.15) is 0 Å². The van der Waals surface area contributed by atoms with Crippen LogP contribution in [0, 0.1) is 0 Å². The number of nitrogens with one attached hydrogen (secondary N) is 2. The lowest BCUT2D eigenvalue weighted by molar-refractivity contribution is 0.102. The van der Waals surface area contributed by atoms with E-state index in [0.717, 1.165) is 31.4 Å². The summed E-state index contributed by atoms with van der Waals surface area (Å²) < 4.78 is 1.87. The van der Waals surface area contributed by atoms with E-state index in [4.69, 9.17) is 0 Å². The minimum atomic E-state index is -0.321. The number of nitrogens with zero attached hydrogens (tertiary/aromatic N) is 3. The molecule has 0 aromatic carbocycles. The second-order valence-corrected chi connectivity index (χ2v) is 5.71. The van der Waals surface area contributed by atoms with E-state index in [0.29, 0.717) is 23.5 Å². The Kier molecular flexibility index (Phi) is 2.66. The van der Waals surface area contributed by atoms with E-state index in [1.807, 2.05) is 4.57 Å². The molecule has 21 heavy (non-hydrogen) atoms. The summed E-state index contributed by atoms with van der Waals surface area (Å²) in [6.07, 6.45) is 5.92. The molecule has 0 unspecified atom stereocenters. The largest absolute Gasteiger partial charge is 0.326 e. The zero-order valence-electron chi connectivity index (χ0n) is 11.4. The summed E-state index contributed by atoms with van der Waals surface area (Å²) in [6, 6.07) is 3.46. The Bertz CT molecular complexity index is 755. The normalized spacial score (nSPS) is 17.7. The van der Waals surface area contributed by atoms with Crippen LogP contribution in [0.1, 0.15) is 53.7 Å². The van der Waals surface area contributed by atoms with Gasteiger partial charge in [-0.1, -0.05) is 0 Å². The second-order valence-electron chi connectivity index (χ2n) is 5.71. The van der Waals surface area contributed by atoms with Crippen molar-refractivity contribution in [3.63, 3.8) is 0 Å². The molecule has 7 nitrogen and oxygen atoms in total. The Labute approximate surface area is 120 Å². The number of rotatable bonds is 4. The van der Waals surface area contributed by atoms with Crippen LogP contribution in [0.5, 0.6) is 0 Å². The molecule has 0 radical (unpaired) electrons. The van der Waals surface area contributed by atoms with Crippen LogP contribution in [0.25, 0.3) is 0 Å². The number of pyridine rings is 1. The average Bonchev–Trinajstić information content (AvgIpc) is 3.37. The van der Waals surface area contributed by atoms with Crippen LogP contribution in [0.2, 0.25) is 0 Å². The molecule has 0 spiro atoms. The van der Waals surface area contributed by atoms with Crippen LogP contribution in [0.15, 0.2) is 23.3 Å². The zero-order valence-corrected chi connectivity index (χ0v) is 11.4. The van der Waals surface area contributed by atoms with Crippen molar-refractivity contribution in [3.8, 4) is 0 Å². The van der Waals surface area contributed by atoms with Crippen molar-refractivity contribution >= 4 is 11.9 Å².